The van der Waals surface area contributed by atoms with E-state index in [0.29, 0.717) is 44.2 Å². The molecule has 26 heavy (non-hydrogen) atoms. The van der Waals surface area contributed by atoms with E-state index in [9.17, 15) is 19.0 Å². The van der Waals surface area contributed by atoms with Crippen molar-refractivity contribution in [2.24, 2.45) is 0 Å². The number of anilines is 1. The Balaban J connectivity index is 1.43. The highest BCUT2D eigenvalue weighted by Crippen LogP contribution is 2.21. The van der Waals surface area contributed by atoms with E-state index >= 15 is 0 Å². The van der Waals surface area contributed by atoms with E-state index in [-0.39, 0.29) is 12.4 Å². The van der Waals surface area contributed by atoms with E-state index in [0.717, 1.165) is 6.07 Å². The van der Waals surface area contributed by atoms with E-state index in [1.54, 1.807) is 12.1 Å². The van der Waals surface area contributed by atoms with Gasteiger partial charge in [-0.2, -0.15) is 0 Å². The molecule has 1 aliphatic heterocycles. The van der Waals surface area contributed by atoms with Gasteiger partial charge < -0.3 is 19.8 Å². The smallest absolute Gasteiger partial charge is 0.149 e. The number of halogens is 2. The molecule has 140 valence electrons. The van der Waals surface area contributed by atoms with Gasteiger partial charge in [0.25, 0.3) is 0 Å². The summed E-state index contributed by atoms with van der Waals surface area (Å²) in [5.74, 6) is -0.394. The molecule has 0 amide bonds. The second-order valence-corrected chi connectivity index (χ2v) is 6.34. The fraction of sp³-hybridized carbons (Fsp3) is 0.368. The minimum Gasteiger partial charge on any atom is -0.508 e. The van der Waals surface area contributed by atoms with Crippen LogP contribution in [0.5, 0.6) is 11.5 Å². The third kappa shape index (κ3) is 4.83. The number of nitrogens with zero attached hydrogens (tertiary/aromatic N) is 2. The first kappa shape index (κ1) is 18.4. The number of phenolic OH excluding ortho intramolecular Hbond substituents is 1. The normalized spacial score (nSPS) is 16.5. The fourth-order valence-corrected chi connectivity index (χ4v) is 2.99. The summed E-state index contributed by atoms with van der Waals surface area (Å²) in [5.41, 5.74) is 0.405. The summed E-state index contributed by atoms with van der Waals surface area (Å²) in [6, 6.07) is 9.93. The van der Waals surface area contributed by atoms with Crippen LogP contribution in [-0.2, 0) is 0 Å². The van der Waals surface area contributed by atoms with Crippen LogP contribution in [0.15, 0.2) is 42.5 Å². The monoisotopic (exact) mass is 364 g/mol. The van der Waals surface area contributed by atoms with Crippen LogP contribution in [0.1, 0.15) is 0 Å². The van der Waals surface area contributed by atoms with E-state index in [1.165, 1.54) is 24.3 Å². The molecule has 2 aromatic rings. The number of aliphatic hydroxyl groups excluding tert-OH is 1. The van der Waals surface area contributed by atoms with Crippen molar-refractivity contribution in [3.63, 3.8) is 0 Å². The second-order valence-electron chi connectivity index (χ2n) is 6.34. The maximum atomic E-state index is 13.9. The standard InChI is InChI=1S/C19H22F2N2O3/c20-14-1-6-19(18(21)11-14)23-9-7-22(8-10-23)12-16(25)13-26-17-4-2-15(24)3-5-17/h1-6,11,16,24-25H,7-10,12-13H2/t16-/m1/s1. The highest BCUT2D eigenvalue weighted by Gasteiger charge is 2.21. The molecule has 0 bridgehead atoms. The quantitative estimate of drug-likeness (QED) is 0.823. The zero-order chi connectivity index (χ0) is 18.5. The number of benzene rings is 2. The third-order valence-electron chi connectivity index (χ3n) is 4.37. The van der Waals surface area contributed by atoms with Gasteiger partial charge in [0.05, 0.1) is 5.69 Å². The maximum Gasteiger partial charge on any atom is 0.149 e. The molecule has 0 aliphatic carbocycles. The largest absolute Gasteiger partial charge is 0.508 e. The minimum absolute atomic E-state index is 0.150. The Bertz CT molecular complexity index is 719. The number of β-amino-alcohol motifs (C(OH)–C–C–N with tert-alkyl or cyclic N) is 1. The molecular weight excluding hydrogens is 342 g/mol. The molecule has 7 heteroatoms. The van der Waals surface area contributed by atoms with Crippen LogP contribution >= 0.6 is 0 Å². The number of phenols is 1. The van der Waals surface area contributed by atoms with E-state index in [2.05, 4.69) is 4.90 Å². The highest BCUT2D eigenvalue weighted by molar-refractivity contribution is 5.48. The molecule has 2 aromatic carbocycles. The molecule has 0 aromatic heterocycles. The first-order valence-corrected chi connectivity index (χ1v) is 8.53. The molecule has 1 fully saturated rings. The first-order valence-electron chi connectivity index (χ1n) is 8.53. The molecular formula is C19H22F2N2O3. The lowest BCUT2D eigenvalue weighted by Gasteiger charge is -2.37. The summed E-state index contributed by atoms with van der Waals surface area (Å²) in [5, 5.41) is 19.4. The molecule has 1 saturated heterocycles. The molecule has 0 spiro atoms. The van der Waals surface area contributed by atoms with Crippen molar-refractivity contribution >= 4 is 5.69 Å². The number of piperazine rings is 1. The number of aliphatic hydroxyl groups is 1. The zero-order valence-corrected chi connectivity index (χ0v) is 14.3. The summed E-state index contributed by atoms with van der Waals surface area (Å²) in [6.07, 6.45) is -0.655. The minimum atomic E-state index is -0.655. The Morgan fingerprint density at radius 3 is 2.35 bits per heavy atom. The van der Waals surface area contributed by atoms with Gasteiger partial charge in [0.1, 0.15) is 35.8 Å². The number of ether oxygens (including phenoxy) is 1. The van der Waals surface area contributed by atoms with E-state index in [1.807, 2.05) is 4.90 Å². The summed E-state index contributed by atoms with van der Waals surface area (Å²) >= 11 is 0. The molecule has 1 aliphatic rings. The van der Waals surface area contributed by atoms with Crippen LogP contribution in [-0.4, -0.2) is 60.5 Å². The number of hydrogen-bond donors (Lipinski definition) is 2. The number of aromatic hydroxyl groups is 1. The fourth-order valence-electron chi connectivity index (χ4n) is 2.99. The molecule has 1 heterocycles. The van der Waals surface area contributed by atoms with Crippen molar-refractivity contribution in [2.45, 2.75) is 6.10 Å². The van der Waals surface area contributed by atoms with Crippen LogP contribution in [0, 0.1) is 11.6 Å². The Morgan fingerprint density at radius 2 is 1.69 bits per heavy atom. The topological polar surface area (TPSA) is 56.2 Å². The SMILES string of the molecule is Oc1ccc(OC[C@H](O)CN2CCN(c3ccc(F)cc3F)CC2)cc1. The van der Waals surface area contributed by atoms with E-state index < -0.39 is 17.7 Å². The van der Waals surface area contributed by atoms with Crippen molar-refractivity contribution in [3.05, 3.63) is 54.1 Å². The average Bonchev–Trinajstić information content (AvgIpc) is 2.62. The van der Waals surface area contributed by atoms with Gasteiger partial charge >= 0.3 is 0 Å². The van der Waals surface area contributed by atoms with Gasteiger partial charge in [-0.15, -0.1) is 0 Å². The lowest BCUT2D eigenvalue weighted by Crippen LogP contribution is -2.49. The predicted molar refractivity (Wildman–Crippen MR) is 94.6 cm³/mol. The Morgan fingerprint density at radius 1 is 1.00 bits per heavy atom. The zero-order valence-electron chi connectivity index (χ0n) is 14.3. The summed E-state index contributed by atoms with van der Waals surface area (Å²) < 4.78 is 32.4. The van der Waals surface area contributed by atoms with Gasteiger partial charge in [-0.3, -0.25) is 4.90 Å². The average molecular weight is 364 g/mol. The summed E-state index contributed by atoms with van der Waals surface area (Å²) in [4.78, 5) is 3.97. The van der Waals surface area contributed by atoms with Crippen LogP contribution in [0.25, 0.3) is 0 Å². The lowest BCUT2D eigenvalue weighted by atomic mass is 10.2. The second kappa shape index (κ2) is 8.33. The Labute approximate surface area is 151 Å². The van der Waals surface area contributed by atoms with Crippen LogP contribution in [0.2, 0.25) is 0 Å². The lowest BCUT2D eigenvalue weighted by molar-refractivity contribution is 0.0662. The van der Waals surface area contributed by atoms with Crippen LogP contribution < -0.4 is 9.64 Å². The van der Waals surface area contributed by atoms with Crippen molar-refractivity contribution < 1.29 is 23.7 Å². The molecule has 2 N–H and O–H groups in total. The predicted octanol–water partition coefficient (Wildman–Crippen LogP) is 2.23. The highest BCUT2D eigenvalue weighted by atomic mass is 19.1. The maximum absolute atomic E-state index is 13.9. The van der Waals surface area contributed by atoms with Gasteiger partial charge in [-0.05, 0) is 36.4 Å². The molecule has 1 atom stereocenters. The van der Waals surface area contributed by atoms with Gasteiger partial charge in [-0.25, -0.2) is 8.78 Å². The summed E-state index contributed by atoms with van der Waals surface area (Å²) in [7, 11) is 0. The molecule has 5 nitrogen and oxygen atoms in total. The van der Waals surface area contributed by atoms with Gasteiger partial charge in [0.2, 0.25) is 0 Å². The number of rotatable bonds is 6. The number of hydrogen-bond acceptors (Lipinski definition) is 5. The molecule has 0 unspecified atom stereocenters. The van der Waals surface area contributed by atoms with Gasteiger partial charge in [-0.1, -0.05) is 0 Å². The Kier molecular flexibility index (Phi) is 5.90. The molecule has 0 radical (unpaired) electrons. The third-order valence-corrected chi connectivity index (χ3v) is 4.37. The first-order chi connectivity index (χ1) is 12.5. The van der Waals surface area contributed by atoms with Crippen LogP contribution in [0.4, 0.5) is 14.5 Å². The van der Waals surface area contributed by atoms with Crippen molar-refractivity contribution in [3.8, 4) is 11.5 Å². The van der Waals surface area contributed by atoms with E-state index in [4.69, 9.17) is 4.74 Å². The Hall–Kier alpha value is -2.38. The van der Waals surface area contributed by atoms with Crippen molar-refractivity contribution in [2.75, 3.05) is 44.2 Å². The van der Waals surface area contributed by atoms with Crippen molar-refractivity contribution in [1.82, 2.24) is 4.90 Å². The van der Waals surface area contributed by atoms with Gasteiger partial charge in [0.15, 0.2) is 0 Å². The van der Waals surface area contributed by atoms with Gasteiger partial charge in [0, 0.05) is 38.8 Å². The van der Waals surface area contributed by atoms with Crippen LogP contribution in [0.3, 0.4) is 0 Å². The molecule has 3 rings (SSSR count). The summed E-state index contributed by atoms with van der Waals surface area (Å²) in [6.45, 7) is 3.16. The van der Waals surface area contributed by atoms with Crippen molar-refractivity contribution in [1.29, 1.82) is 0 Å². The molecule has 0 saturated carbocycles.